The van der Waals surface area contributed by atoms with Crippen molar-refractivity contribution >= 4 is 58.4 Å². The predicted molar refractivity (Wildman–Crippen MR) is 137 cm³/mol. The maximum absolute atomic E-state index is 13.2. The molecule has 0 fully saturated rings. The van der Waals surface area contributed by atoms with Gasteiger partial charge in [0.15, 0.2) is 0 Å². The molecular weight excluding hydrogens is 487 g/mol. The first kappa shape index (κ1) is 26.8. The molecule has 0 aliphatic heterocycles. The van der Waals surface area contributed by atoms with Gasteiger partial charge in [-0.2, -0.15) is 0 Å². The van der Waals surface area contributed by atoms with Crippen LogP contribution in [0.4, 0.5) is 0 Å². The van der Waals surface area contributed by atoms with Crippen LogP contribution in [0, 0.1) is 5.92 Å². The van der Waals surface area contributed by atoms with Crippen molar-refractivity contribution < 1.29 is 9.59 Å². The van der Waals surface area contributed by atoms with Crippen molar-refractivity contribution in [3.05, 3.63) is 68.7 Å². The van der Waals surface area contributed by atoms with Gasteiger partial charge in [-0.15, -0.1) is 11.8 Å². The van der Waals surface area contributed by atoms with E-state index in [1.807, 2.05) is 39.0 Å². The molecule has 1 atom stereocenters. The lowest BCUT2D eigenvalue weighted by molar-refractivity contribution is -0.139. The van der Waals surface area contributed by atoms with Crippen molar-refractivity contribution in [2.24, 2.45) is 5.92 Å². The molecule has 8 heteroatoms. The van der Waals surface area contributed by atoms with Gasteiger partial charge in [-0.05, 0) is 47.7 Å². The van der Waals surface area contributed by atoms with E-state index < -0.39 is 6.04 Å². The van der Waals surface area contributed by atoms with E-state index in [-0.39, 0.29) is 17.6 Å². The minimum atomic E-state index is -0.545. The van der Waals surface area contributed by atoms with Crippen LogP contribution in [0.25, 0.3) is 0 Å². The Hall–Kier alpha value is -1.40. The molecule has 0 saturated carbocycles. The second-order valence-corrected chi connectivity index (χ2v) is 10.2. The first-order valence-electron chi connectivity index (χ1n) is 10.5. The van der Waals surface area contributed by atoms with Crippen molar-refractivity contribution in [2.75, 3.05) is 12.3 Å². The Morgan fingerprint density at radius 1 is 1.03 bits per heavy atom. The number of carbonyl (C=O) groups is 2. The van der Waals surface area contributed by atoms with Gasteiger partial charge in [-0.25, -0.2) is 0 Å². The second kappa shape index (κ2) is 13.3. The highest BCUT2D eigenvalue weighted by atomic mass is 35.5. The third kappa shape index (κ3) is 8.51. The highest BCUT2D eigenvalue weighted by Gasteiger charge is 2.28. The molecule has 0 unspecified atom stereocenters. The number of nitrogens with one attached hydrogen (secondary N) is 1. The van der Waals surface area contributed by atoms with Gasteiger partial charge in [0.25, 0.3) is 0 Å². The molecule has 174 valence electrons. The van der Waals surface area contributed by atoms with Gasteiger partial charge < -0.3 is 10.2 Å². The lowest BCUT2D eigenvalue weighted by Crippen LogP contribution is -2.50. The zero-order valence-electron chi connectivity index (χ0n) is 18.5. The fraction of sp³-hybridized carbons (Fsp3) is 0.417. The van der Waals surface area contributed by atoms with Gasteiger partial charge in [0.1, 0.15) is 6.04 Å². The standard InChI is InChI=1S/C24H29Cl3N2O2S/c1-4-22(24(31)28-12-16(2)3)29(13-17-5-8-19(25)9-6-17)23(30)15-32-14-18-7-10-20(26)11-21(18)27/h5-11,16,22H,4,12-15H2,1-3H3,(H,28,31)/t22-/m0/s1. The number of rotatable bonds is 11. The summed E-state index contributed by atoms with van der Waals surface area (Å²) in [5.41, 5.74) is 1.84. The molecule has 0 bridgehead atoms. The Morgan fingerprint density at radius 2 is 1.69 bits per heavy atom. The summed E-state index contributed by atoms with van der Waals surface area (Å²) in [6, 6.07) is 12.1. The smallest absolute Gasteiger partial charge is 0.242 e. The molecule has 0 aromatic heterocycles. The molecule has 0 spiro atoms. The third-order valence-corrected chi connectivity index (χ3v) is 6.64. The normalized spacial score (nSPS) is 12.0. The lowest BCUT2D eigenvalue weighted by atomic mass is 10.1. The first-order valence-corrected chi connectivity index (χ1v) is 12.8. The Kier molecular flexibility index (Phi) is 11.2. The van der Waals surface area contributed by atoms with E-state index in [4.69, 9.17) is 34.8 Å². The number of hydrogen-bond acceptors (Lipinski definition) is 3. The molecule has 4 nitrogen and oxygen atoms in total. The summed E-state index contributed by atoms with van der Waals surface area (Å²) < 4.78 is 0. The number of thioether (sulfide) groups is 1. The Bertz CT molecular complexity index is 907. The number of nitrogens with zero attached hydrogens (tertiary/aromatic N) is 1. The largest absolute Gasteiger partial charge is 0.354 e. The fourth-order valence-electron chi connectivity index (χ4n) is 3.10. The average Bonchev–Trinajstić information content (AvgIpc) is 2.74. The maximum Gasteiger partial charge on any atom is 0.242 e. The van der Waals surface area contributed by atoms with E-state index in [2.05, 4.69) is 5.32 Å². The molecule has 0 aliphatic rings. The quantitative estimate of drug-likeness (QED) is 0.373. The van der Waals surface area contributed by atoms with E-state index in [0.717, 1.165) is 11.1 Å². The van der Waals surface area contributed by atoms with Crippen LogP contribution in [0.1, 0.15) is 38.3 Å². The third-order valence-electron chi connectivity index (χ3n) is 4.83. The highest BCUT2D eigenvalue weighted by Crippen LogP contribution is 2.25. The Balaban J connectivity index is 2.12. The summed E-state index contributed by atoms with van der Waals surface area (Å²) in [7, 11) is 0. The zero-order chi connectivity index (χ0) is 23.7. The maximum atomic E-state index is 13.2. The number of hydrogen-bond donors (Lipinski definition) is 1. The van der Waals surface area contributed by atoms with Crippen LogP contribution >= 0.6 is 46.6 Å². The summed E-state index contributed by atoms with van der Waals surface area (Å²) in [5, 5.41) is 4.75. The highest BCUT2D eigenvalue weighted by molar-refractivity contribution is 7.99. The van der Waals surface area contributed by atoms with E-state index in [1.165, 1.54) is 11.8 Å². The molecule has 0 aliphatic carbocycles. The van der Waals surface area contributed by atoms with Gasteiger partial charge in [0, 0.05) is 33.9 Å². The molecule has 2 aromatic rings. The number of amides is 2. The molecular formula is C24H29Cl3N2O2S. The van der Waals surface area contributed by atoms with Crippen molar-refractivity contribution in [1.82, 2.24) is 10.2 Å². The van der Waals surface area contributed by atoms with Gasteiger partial charge in [-0.3, -0.25) is 9.59 Å². The van der Waals surface area contributed by atoms with Crippen LogP contribution in [-0.2, 0) is 21.9 Å². The van der Waals surface area contributed by atoms with E-state index >= 15 is 0 Å². The van der Waals surface area contributed by atoms with Crippen LogP contribution in [0.2, 0.25) is 15.1 Å². The summed E-state index contributed by atoms with van der Waals surface area (Å²) in [5.74, 6) is 0.917. The number of carbonyl (C=O) groups excluding carboxylic acids is 2. The number of halogens is 3. The molecule has 0 radical (unpaired) electrons. The van der Waals surface area contributed by atoms with Crippen LogP contribution in [-0.4, -0.2) is 35.1 Å². The van der Waals surface area contributed by atoms with Crippen molar-refractivity contribution in [1.29, 1.82) is 0 Å². The van der Waals surface area contributed by atoms with Crippen molar-refractivity contribution in [3.63, 3.8) is 0 Å². The molecule has 0 saturated heterocycles. The van der Waals surface area contributed by atoms with E-state index in [0.29, 0.717) is 46.2 Å². The summed E-state index contributed by atoms with van der Waals surface area (Å²) in [6.07, 6.45) is 0.525. The minimum Gasteiger partial charge on any atom is -0.354 e. The van der Waals surface area contributed by atoms with Crippen LogP contribution in [0.3, 0.4) is 0 Å². The SMILES string of the molecule is CC[C@@H](C(=O)NCC(C)C)N(Cc1ccc(Cl)cc1)C(=O)CSCc1ccc(Cl)cc1Cl. The zero-order valence-corrected chi connectivity index (χ0v) is 21.6. The Labute approximate surface area is 210 Å². The lowest BCUT2D eigenvalue weighted by Gasteiger charge is -2.31. The summed E-state index contributed by atoms with van der Waals surface area (Å²) >= 11 is 19.7. The summed E-state index contributed by atoms with van der Waals surface area (Å²) in [4.78, 5) is 27.8. The van der Waals surface area contributed by atoms with Crippen molar-refractivity contribution in [3.8, 4) is 0 Å². The molecule has 2 aromatic carbocycles. The average molecular weight is 516 g/mol. The first-order chi connectivity index (χ1) is 15.2. The van der Waals surface area contributed by atoms with E-state index in [9.17, 15) is 9.59 Å². The van der Waals surface area contributed by atoms with Crippen LogP contribution < -0.4 is 5.32 Å². The van der Waals surface area contributed by atoms with Gasteiger partial charge in [0.05, 0.1) is 5.75 Å². The molecule has 0 heterocycles. The molecule has 2 amide bonds. The fourth-order valence-corrected chi connectivity index (χ4v) is 4.69. The van der Waals surface area contributed by atoms with Gasteiger partial charge >= 0.3 is 0 Å². The molecule has 2 rings (SSSR count). The monoisotopic (exact) mass is 514 g/mol. The topological polar surface area (TPSA) is 49.4 Å². The van der Waals surface area contributed by atoms with Crippen molar-refractivity contribution in [2.45, 2.75) is 45.5 Å². The predicted octanol–water partition coefficient (Wildman–Crippen LogP) is 6.46. The molecule has 32 heavy (non-hydrogen) atoms. The Morgan fingerprint density at radius 3 is 2.28 bits per heavy atom. The summed E-state index contributed by atoms with van der Waals surface area (Å²) in [6.45, 7) is 6.91. The second-order valence-electron chi connectivity index (χ2n) is 7.94. The van der Waals surface area contributed by atoms with Gasteiger partial charge in [0.2, 0.25) is 11.8 Å². The number of benzene rings is 2. The van der Waals surface area contributed by atoms with Crippen LogP contribution in [0.15, 0.2) is 42.5 Å². The van der Waals surface area contributed by atoms with E-state index in [1.54, 1.807) is 29.2 Å². The van der Waals surface area contributed by atoms with Crippen LogP contribution in [0.5, 0.6) is 0 Å². The molecule has 1 N–H and O–H groups in total. The minimum absolute atomic E-state index is 0.0958. The van der Waals surface area contributed by atoms with Gasteiger partial charge in [-0.1, -0.05) is 73.8 Å².